The summed E-state index contributed by atoms with van der Waals surface area (Å²) in [6, 6.07) is 12.1. The van der Waals surface area contributed by atoms with Crippen molar-refractivity contribution in [1.29, 1.82) is 0 Å². The fraction of sp³-hybridized carbons (Fsp3) is 0.238. The van der Waals surface area contributed by atoms with Crippen LogP contribution in [0.25, 0.3) is 16.5 Å². The molecule has 0 saturated carbocycles. The van der Waals surface area contributed by atoms with Gasteiger partial charge < -0.3 is 4.57 Å². The molecular weight excluding hydrogens is 363 g/mol. The Morgan fingerprint density at radius 2 is 1.89 bits per heavy atom. The molecule has 0 bridgehead atoms. The molecule has 27 heavy (non-hydrogen) atoms. The highest BCUT2D eigenvalue weighted by Crippen LogP contribution is 2.32. The van der Waals surface area contributed by atoms with Gasteiger partial charge in [-0.1, -0.05) is 24.3 Å². The molecule has 1 aliphatic rings. The van der Waals surface area contributed by atoms with Gasteiger partial charge in [-0.25, -0.2) is 12.8 Å². The van der Waals surface area contributed by atoms with Crippen LogP contribution in [0, 0.1) is 12.7 Å². The molecule has 6 heteroatoms. The summed E-state index contributed by atoms with van der Waals surface area (Å²) in [7, 11) is -1.61. The van der Waals surface area contributed by atoms with Crippen molar-refractivity contribution in [3.8, 4) is 0 Å². The Kier molecular flexibility index (Phi) is 4.40. The van der Waals surface area contributed by atoms with Gasteiger partial charge in [-0.15, -0.1) is 0 Å². The van der Waals surface area contributed by atoms with Crippen LogP contribution >= 0.6 is 0 Å². The third-order valence-electron chi connectivity index (χ3n) is 5.18. The molecule has 3 aromatic rings. The molecule has 0 fully saturated rings. The fourth-order valence-corrected chi connectivity index (χ4v) is 5.10. The number of hydrogen-bond donors (Lipinski definition) is 0. The number of aryl methyl sites for hydroxylation is 2. The number of benzene rings is 2. The zero-order valence-electron chi connectivity index (χ0n) is 15.3. The van der Waals surface area contributed by atoms with Crippen LogP contribution in [0.2, 0.25) is 0 Å². The summed E-state index contributed by atoms with van der Waals surface area (Å²) in [6.07, 6.45) is 4.73. The summed E-state index contributed by atoms with van der Waals surface area (Å²) in [5.41, 5.74) is 3.81. The van der Waals surface area contributed by atoms with Crippen molar-refractivity contribution in [1.82, 2.24) is 8.87 Å². The van der Waals surface area contributed by atoms with Gasteiger partial charge in [-0.05, 0) is 48.7 Å². The number of rotatable bonds is 3. The van der Waals surface area contributed by atoms with Gasteiger partial charge in [-0.3, -0.25) is 0 Å². The average molecular weight is 384 g/mol. The fourth-order valence-electron chi connectivity index (χ4n) is 3.64. The molecule has 0 atom stereocenters. The van der Waals surface area contributed by atoms with E-state index in [2.05, 4.69) is 22.9 Å². The first-order chi connectivity index (χ1) is 12.9. The largest absolute Gasteiger partial charge is 0.350 e. The molecule has 2 aromatic carbocycles. The Morgan fingerprint density at radius 1 is 1.11 bits per heavy atom. The molecule has 4 rings (SSSR count). The zero-order chi connectivity index (χ0) is 19.2. The molecule has 1 aliphatic heterocycles. The van der Waals surface area contributed by atoms with Crippen LogP contribution in [0.15, 0.2) is 59.6 Å². The van der Waals surface area contributed by atoms with Crippen molar-refractivity contribution in [2.45, 2.75) is 18.2 Å². The van der Waals surface area contributed by atoms with Gasteiger partial charge in [0.1, 0.15) is 5.82 Å². The highest BCUT2D eigenvalue weighted by Gasteiger charge is 2.27. The average Bonchev–Trinajstić information content (AvgIpc) is 3.01. The second-order valence-electron chi connectivity index (χ2n) is 6.92. The van der Waals surface area contributed by atoms with Gasteiger partial charge in [0.2, 0.25) is 10.0 Å². The lowest BCUT2D eigenvalue weighted by atomic mass is 10.00. The van der Waals surface area contributed by atoms with Crippen molar-refractivity contribution in [3.05, 3.63) is 71.7 Å². The lowest BCUT2D eigenvalue weighted by Crippen LogP contribution is -2.34. The highest BCUT2D eigenvalue weighted by molar-refractivity contribution is 7.89. The molecule has 140 valence electrons. The van der Waals surface area contributed by atoms with Gasteiger partial charge >= 0.3 is 0 Å². The third-order valence-corrected chi connectivity index (χ3v) is 7.04. The predicted molar refractivity (Wildman–Crippen MR) is 105 cm³/mol. The first-order valence-electron chi connectivity index (χ1n) is 8.88. The second-order valence-corrected chi connectivity index (χ2v) is 8.86. The molecule has 0 saturated heterocycles. The van der Waals surface area contributed by atoms with E-state index in [0.717, 1.165) is 16.7 Å². The van der Waals surface area contributed by atoms with E-state index >= 15 is 0 Å². The quantitative estimate of drug-likeness (QED) is 0.682. The minimum Gasteiger partial charge on any atom is -0.350 e. The van der Waals surface area contributed by atoms with Gasteiger partial charge in [0.25, 0.3) is 0 Å². The number of aromatic nitrogens is 1. The summed E-state index contributed by atoms with van der Waals surface area (Å²) in [5, 5.41) is 1.18. The summed E-state index contributed by atoms with van der Waals surface area (Å²) >= 11 is 0. The normalized spacial score (nSPS) is 15.9. The summed E-state index contributed by atoms with van der Waals surface area (Å²) in [6.45, 7) is 2.30. The number of sulfonamides is 1. The highest BCUT2D eigenvalue weighted by atomic mass is 32.2. The Morgan fingerprint density at radius 3 is 2.59 bits per heavy atom. The van der Waals surface area contributed by atoms with Crippen molar-refractivity contribution in [2.75, 3.05) is 13.1 Å². The lowest BCUT2D eigenvalue weighted by molar-refractivity contribution is 0.441. The standard InChI is InChI=1S/C21H21FN2O2S/c1-15-13-17(7-8-20(15)22)27(25,26)24-11-9-16(10-12-24)19-14-23(2)21-6-4-3-5-18(19)21/h3-9,13-14H,10-12H2,1-2H3. The Bertz CT molecular complexity index is 1160. The molecule has 0 unspecified atom stereocenters. The van der Waals surface area contributed by atoms with Crippen molar-refractivity contribution in [3.63, 3.8) is 0 Å². The molecule has 0 amide bonds. The lowest BCUT2D eigenvalue weighted by Gasteiger charge is -2.26. The van der Waals surface area contributed by atoms with E-state index in [1.807, 2.05) is 25.3 Å². The number of para-hydroxylation sites is 1. The van der Waals surface area contributed by atoms with Gasteiger partial charge in [0, 0.05) is 42.8 Å². The molecule has 1 aromatic heterocycles. The zero-order valence-corrected chi connectivity index (χ0v) is 16.1. The Hall–Kier alpha value is -2.44. The Balaban J connectivity index is 1.63. The second kappa shape index (κ2) is 6.62. The maximum atomic E-state index is 13.5. The number of hydrogen-bond acceptors (Lipinski definition) is 2. The van der Waals surface area contributed by atoms with E-state index in [0.29, 0.717) is 25.1 Å². The SMILES string of the molecule is Cc1cc(S(=O)(=O)N2CC=C(c3cn(C)c4ccccc34)CC2)ccc1F. The van der Waals surface area contributed by atoms with Gasteiger partial charge in [-0.2, -0.15) is 4.31 Å². The number of fused-ring (bicyclic) bond motifs is 1. The van der Waals surface area contributed by atoms with Gasteiger partial charge in [0.05, 0.1) is 4.90 Å². The molecule has 0 radical (unpaired) electrons. The van der Waals surface area contributed by atoms with Crippen molar-refractivity contribution >= 4 is 26.5 Å². The van der Waals surface area contributed by atoms with E-state index in [4.69, 9.17) is 0 Å². The van der Waals surface area contributed by atoms with E-state index in [9.17, 15) is 12.8 Å². The van der Waals surface area contributed by atoms with Crippen LogP contribution in [-0.4, -0.2) is 30.4 Å². The molecular formula is C21H21FN2O2S. The minimum absolute atomic E-state index is 0.142. The van der Waals surface area contributed by atoms with Crippen LogP contribution in [0.4, 0.5) is 4.39 Å². The monoisotopic (exact) mass is 384 g/mol. The summed E-state index contributed by atoms with van der Waals surface area (Å²) in [5.74, 6) is -0.397. The topological polar surface area (TPSA) is 42.3 Å². The predicted octanol–water partition coefficient (Wildman–Crippen LogP) is 4.10. The smallest absolute Gasteiger partial charge is 0.243 e. The van der Waals surface area contributed by atoms with Crippen molar-refractivity contribution in [2.24, 2.45) is 7.05 Å². The van der Waals surface area contributed by atoms with E-state index < -0.39 is 15.8 Å². The van der Waals surface area contributed by atoms with Crippen molar-refractivity contribution < 1.29 is 12.8 Å². The van der Waals surface area contributed by atoms with Crippen LogP contribution in [0.1, 0.15) is 17.5 Å². The molecule has 0 N–H and O–H groups in total. The van der Waals surface area contributed by atoms with Crippen LogP contribution in [-0.2, 0) is 17.1 Å². The first-order valence-corrected chi connectivity index (χ1v) is 10.3. The molecule has 4 nitrogen and oxygen atoms in total. The molecule has 0 spiro atoms. The van der Waals surface area contributed by atoms with Crippen LogP contribution in [0.3, 0.4) is 0 Å². The Labute approximate surface area is 158 Å². The number of halogens is 1. The third kappa shape index (κ3) is 3.09. The summed E-state index contributed by atoms with van der Waals surface area (Å²) in [4.78, 5) is 0.142. The first kappa shape index (κ1) is 17.9. The number of nitrogens with zero attached hydrogens (tertiary/aromatic N) is 2. The van der Waals surface area contributed by atoms with Gasteiger partial charge in [0.15, 0.2) is 0 Å². The maximum absolute atomic E-state index is 13.5. The van der Waals surface area contributed by atoms with E-state index in [-0.39, 0.29) is 4.90 Å². The van der Waals surface area contributed by atoms with Crippen LogP contribution in [0.5, 0.6) is 0 Å². The van der Waals surface area contributed by atoms with E-state index in [1.54, 1.807) is 6.92 Å². The molecule has 2 heterocycles. The van der Waals surface area contributed by atoms with Crippen LogP contribution < -0.4 is 0 Å². The van der Waals surface area contributed by atoms with E-state index in [1.165, 1.54) is 27.9 Å². The molecule has 0 aliphatic carbocycles. The maximum Gasteiger partial charge on any atom is 0.243 e. The minimum atomic E-state index is -3.63. The summed E-state index contributed by atoms with van der Waals surface area (Å²) < 4.78 is 42.8.